The minimum atomic E-state index is -0.794. The molecule has 0 aromatic heterocycles. The number of nitrogens with zero attached hydrogens (tertiary/aromatic N) is 1. The van der Waals surface area contributed by atoms with Crippen molar-refractivity contribution in [2.75, 3.05) is 38.1 Å². The SMILES string of the molecule is Cc1ccc(NC(=O)C(=O)NCCCCN2CCO[C@H](c3ccccc3)C2)cc1F. The Morgan fingerprint density at radius 2 is 1.93 bits per heavy atom. The van der Waals surface area contributed by atoms with Crippen LogP contribution in [0, 0.1) is 12.7 Å². The van der Waals surface area contributed by atoms with Crippen molar-refractivity contribution in [3.63, 3.8) is 0 Å². The number of ether oxygens (including phenoxy) is 1. The molecule has 0 unspecified atom stereocenters. The number of hydrogen-bond donors (Lipinski definition) is 2. The molecule has 30 heavy (non-hydrogen) atoms. The number of carbonyl (C=O) groups excluding carboxylic acids is 2. The Kier molecular flexibility index (Phi) is 7.93. The van der Waals surface area contributed by atoms with E-state index < -0.39 is 17.6 Å². The number of hydrogen-bond acceptors (Lipinski definition) is 4. The largest absolute Gasteiger partial charge is 0.371 e. The molecule has 1 fully saturated rings. The molecule has 3 rings (SSSR count). The lowest BCUT2D eigenvalue weighted by Gasteiger charge is -2.33. The minimum Gasteiger partial charge on any atom is -0.371 e. The fourth-order valence-corrected chi connectivity index (χ4v) is 3.38. The fourth-order valence-electron chi connectivity index (χ4n) is 3.38. The summed E-state index contributed by atoms with van der Waals surface area (Å²) in [7, 11) is 0. The van der Waals surface area contributed by atoms with Crippen LogP contribution in [0.5, 0.6) is 0 Å². The van der Waals surface area contributed by atoms with E-state index in [0.29, 0.717) is 18.7 Å². The molecule has 1 saturated heterocycles. The van der Waals surface area contributed by atoms with Gasteiger partial charge >= 0.3 is 11.8 Å². The molecule has 2 amide bonds. The van der Waals surface area contributed by atoms with Crippen LogP contribution in [-0.4, -0.2) is 49.5 Å². The Morgan fingerprint density at radius 1 is 1.13 bits per heavy atom. The first-order valence-corrected chi connectivity index (χ1v) is 10.3. The van der Waals surface area contributed by atoms with E-state index >= 15 is 0 Å². The van der Waals surface area contributed by atoms with Crippen LogP contribution in [0.4, 0.5) is 10.1 Å². The van der Waals surface area contributed by atoms with Gasteiger partial charge < -0.3 is 15.4 Å². The molecule has 1 heterocycles. The zero-order chi connectivity index (χ0) is 21.3. The summed E-state index contributed by atoms with van der Waals surface area (Å²) in [5, 5.41) is 5.02. The third-order valence-corrected chi connectivity index (χ3v) is 5.14. The molecule has 0 aliphatic carbocycles. The van der Waals surface area contributed by atoms with Gasteiger partial charge in [0.05, 0.1) is 12.7 Å². The smallest absolute Gasteiger partial charge is 0.313 e. The van der Waals surface area contributed by atoms with Crippen molar-refractivity contribution in [1.29, 1.82) is 0 Å². The molecule has 6 nitrogen and oxygen atoms in total. The van der Waals surface area contributed by atoms with Gasteiger partial charge in [0.2, 0.25) is 0 Å². The lowest BCUT2D eigenvalue weighted by atomic mass is 10.1. The van der Waals surface area contributed by atoms with Gasteiger partial charge in [0.1, 0.15) is 5.82 Å². The number of aryl methyl sites for hydroxylation is 1. The molecule has 1 aliphatic heterocycles. The van der Waals surface area contributed by atoms with E-state index in [2.05, 4.69) is 27.7 Å². The average molecular weight is 413 g/mol. The second-order valence-corrected chi connectivity index (χ2v) is 7.45. The van der Waals surface area contributed by atoms with Crippen LogP contribution >= 0.6 is 0 Å². The second kappa shape index (κ2) is 10.8. The number of nitrogens with one attached hydrogen (secondary N) is 2. The maximum Gasteiger partial charge on any atom is 0.313 e. The van der Waals surface area contributed by atoms with Crippen LogP contribution in [0.3, 0.4) is 0 Å². The second-order valence-electron chi connectivity index (χ2n) is 7.45. The van der Waals surface area contributed by atoms with Crippen molar-refractivity contribution in [2.24, 2.45) is 0 Å². The normalized spacial score (nSPS) is 16.8. The molecule has 0 saturated carbocycles. The predicted octanol–water partition coefficient (Wildman–Crippen LogP) is 3.04. The zero-order valence-corrected chi connectivity index (χ0v) is 17.2. The summed E-state index contributed by atoms with van der Waals surface area (Å²) >= 11 is 0. The van der Waals surface area contributed by atoms with Crippen molar-refractivity contribution in [3.05, 3.63) is 65.5 Å². The Bertz CT molecular complexity index is 860. The van der Waals surface area contributed by atoms with Crippen molar-refractivity contribution < 1.29 is 18.7 Å². The number of carbonyl (C=O) groups is 2. The van der Waals surface area contributed by atoms with Crippen LogP contribution in [0.25, 0.3) is 0 Å². The van der Waals surface area contributed by atoms with Gasteiger partial charge in [0.15, 0.2) is 0 Å². The Morgan fingerprint density at radius 3 is 2.70 bits per heavy atom. The third-order valence-electron chi connectivity index (χ3n) is 5.14. The highest BCUT2D eigenvalue weighted by atomic mass is 19.1. The van der Waals surface area contributed by atoms with E-state index in [-0.39, 0.29) is 11.8 Å². The predicted molar refractivity (Wildman–Crippen MR) is 114 cm³/mol. The first-order chi connectivity index (χ1) is 14.5. The highest BCUT2D eigenvalue weighted by Crippen LogP contribution is 2.22. The Hall–Kier alpha value is -2.77. The van der Waals surface area contributed by atoms with E-state index in [1.807, 2.05) is 18.2 Å². The Balaban J connectivity index is 1.33. The van der Waals surface area contributed by atoms with Crippen LogP contribution < -0.4 is 10.6 Å². The van der Waals surface area contributed by atoms with Gasteiger partial charge in [-0.2, -0.15) is 0 Å². The monoisotopic (exact) mass is 413 g/mol. The lowest BCUT2D eigenvalue weighted by Crippen LogP contribution is -2.39. The maximum atomic E-state index is 13.5. The summed E-state index contributed by atoms with van der Waals surface area (Å²) in [6.07, 6.45) is 1.77. The summed E-state index contributed by atoms with van der Waals surface area (Å²) in [4.78, 5) is 26.2. The number of benzene rings is 2. The maximum absolute atomic E-state index is 13.5. The summed E-state index contributed by atoms with van der Waals surface area (Å²) < 4.78 is 19.4. The summed E-state index contributed by atoms with van der Waals surface area (Å²) in [5.74, 6) is -1.94. The number of amides is 2. The van der Waals surface area contributed by atoms with E-state index in [1.54, 1.807) is 19.1 Å². The minimum absolute atomic E-state index is 0.0926. The highest BCUT2D eigenvalue weighted by Gasteiger charge is 2.21. The first kappa shape index (κ1) is 21.9. The van der Waals surface area contributed by atoms with Crippen molar-refractivity contribution in [1.82, 2.24) is 10.2 Å². The third kappa shape index (κ3) is 6.37. The van der Waals surface area contributed by atoms with Gasteiger partial charge in [-0.05, 0) is 49.6 Å². The fraction of sp³-hybridized carbons (Fsp3) is 0.391. The van der Waals surface area contributed by atoms with Gasteiger partial charge in [0.25, 0.3) is 0 Å². The molecule has 7 heteroatoms. The molecule has 0 radical (unpaired) electrons. The highest BCUT2D eigenvalue weighted by molar-refractivity contribution is 6.39. The molecule has 2 aromatic carbocycles. The number of rotatable bonds is 7. The van der Waals surface area contributed by atoms with Gasteiger partial charge in [-0.3, -0.25) is 14.5 Å². The molecule has 0 bridgehead atoms. The number of anilines is 1. The Labute approximate surface area is 176 Å². The van der Waals surface area contributed by atoms with Gasteiger partial charge in [0, 0.05) is 25.3 Å². The summed E-state index contributed by atoms with van der Waals surface area (Å²) in [6, 6.07) is 14.5. The number of halogens is 1. The number of morpholine rings is 1. The topological polar surface area (TPSA) is 70.7 Å². The summed E-state index contributed by atoms with van der Waals surface area (Å²) in [5.41, 5.74) is 1.93. The molecule has 0 spiro atoms. The van der Waals surface area contributed by atoms with E-state index in [0.717, 1.165) is 32.5 Å². The van der Waals surface area contributed by atoms with Crippen molar-refractivity contribution in [2.45, 2.75) is 25.9 Å². The van der Waals surface area contributed by atoms with E-state index in [9.17, 15) is 14.0 Å². The van der Waals surface area contributed by atoms with Gasteiger partial charge in [-0.1, -0.05) is 36.4 Å². The van der Waals surface area contributed by atoms with E-state index in [1.165, 1.54) is 11.6 Å². The molecule has 1 aliphatic rings. The molecule has 160 valence electrons. The summed E-state index contributed by atoms with van der Waals surface area (Å²) in [6.45, 7) is 5.41. The first-order valence-electron chi connectivity index (χ1n) is 10.3. The standard InChI is InChI=1S/C23H28FN3O3/c1-17-9-10-19(15-20(17)24)26-23(29)22(28)25-11-5-6-12-27-13-14-30-21(16-27)18-7-3-2-4-8-18/h2-4,7-10,15,21H,5-6,11-14,16H2,1H3,(H,25,28)(H,26,29)/t21-/m0/s1. The molecule has 2 aromatic rings. The molecular weight excluding hydrogens is 385 g/mol. The number of unbranched alkanes of at least 4 members (excludes halogenated alkanes) is 1. The lowest BCUT2D eigenvalue weighted by molar-refractivity contribution is -0.136. The quantitative estimate of drug-likeness (QED) is 0.541. The van der Waals surface area contributed by atoms with Crippen LogP contribution in [0.2, 0.25) is 0 Å². The van der Waals surface area contributed by atoms with Crippen LogP contribution in [0.1, 0.15) is 30.1 Å². The van der Waals surface area contributed by atoms with Crippen LogP contribution in [0.15, 0.2) is 48.5 Å². The average Bonchev–Trinajstić information content (AvgIpc) is 2.76. The van der Waals surface area contributed by atoms with Crippen molar-refractivity contribution >= 4 is 17.5 Å². The van der Waals surface area contributed by atoms with Gasteiger partial charge in [-0.15, -0.1) is 0 Å². The van der Waals surface area contributed by atoms with Crippen LogP contribution in [-0.2, 0) is 14.3 Å². The van der Waals surface area contributed by atoms with E-state index in [4.69, 9.17) is 4.74 Å². The zero-order valence-electron chi connectivity index (χ0n) is 17.2. The van der Waals surface area contributed by atoms with Crippen molar-refractivity contribution in [3.8, 4) is 0 Å². The molecule has 2 N–H and O–H groups in total. The molecular formula is C23H28FN3O3. The van der Waals surface area contributed by atoms with Gasteiger partial charge in [-0.25, -0.2) is 4.39 Å². The molecule has 1 atom stereocenters.